The van der Waals surface area contributed by atoms with E-state index < -0.39 is 0 Å². The molecule has 1 fully saturated rings. The summed E-state index contributed by atoms with van der Waals surface area (Å²) in [5.74, 6) is -0.132. The fraction of sp³-hybridized carbons (Fsp3) is 0.278. The van der Waals surface area contributed by atoms with Gasteiger partial charge in [0.25, 0.3) is 0 Å². The quantitative estimate of drug-likeness (QED) is 0.879. The highest BCUT2D eigenvalue weighted by atomic mass is 16.2. The predicted molar refractivity (Wildman–Crippen MR) is 91.7 cm³/mol. The Hall–Kier alpha value is -2.89. The summed E-state index contributed by atoms with van der Waals surface area (Å²) < 4.78 is 0. The summed E-state index contributed by atoms with van der Waals surface area (Å²) in [6.07, 6.45) is 4.22. The van der Waals surface area contributed by atoms with E-state index in [1.807, 2.05) is 42.5 Å². The maximum atomic E-state index is 12.4. The number of anilines is 1. The molecule has 0 atom stereocenters. The minimum Gasteiger partial charge on any atom is -0.354 e. The van der Waals surface area contributed by atoms with Gasteiger partial charge in [0.15, 0.2) is 0 Å². The van der Waals surface area contributed by atoms with Gasteiger partial charge in [0.1, 0.15) is 6.54 Å². The van der Waals surface area contributed by atoms with E-state index in [1.165, 1.54) is 0 Å². The van der Waals surface area contributed by atoms with Crippen LogP contribution < -0.4 is 10.2 Å². The first-order valence-corrected chi connectivity index (χ1v) is 8.01. The van der Waals surface area contributed by atoms with Crippen molar-refractivity contribution in [2.45, 2.75) is 6.42 Å². The van der Waals surface area contributed by atoms with Crippen molar-refractivity contribution < 1.29 is 9.59 Å². The molecular weight excluding hydrogens is 304 g/mol. The Morgan fingerprint density at radius 1 is 1.08 bits per heavy atom. The van der Waals surface area contributed by atoms with Crippen LogP contribution in [0.4, 0.5) is 10.5 Å². The average Bonchev–Trinajstić information content (AvgIpc) is 2.97. The second kappa shape index (κ2) is 7.59. The highest BCUT2D eigenvalue weighted by Gasteiger charge is 2.30. The number of carbonyl (C=O) groups excluding carboxylic acids is 2. The van der Waals surface area contributed by atoms with Crippen LogP contribution in [-0.4, -0.2) is 48.0 Å². The normalized spacial score (nSPS) is 14.1. The van der Waals surface area contributed by atoms with Gasteiger partial charge in [-0.05, 0) is 36.2 Å². The Morgan fingerprint density at radius 3 is 2.58 bits per heavy atom. The number of hydrogen-bond donors (Lipinski definition) is 1. The van der Waals surface area contributed by atoms with Crippen molar-refractivity contribution >= 4 is 17.6 Å². The summed E-state index contributed by atoms with van der Waals surface area (Å²) in [5.41, 5.74) is 1.99. The zero-order valence-corrected chi connectivity index (χ0v) is 13.4. The number of amides is 3. The smallest absolute Gasteiger partial charge is 0.325 e. The molecule has 1 aliphatic heterocycles. The lowest BCUT2D eigenvalue weighted by atomic mass is 10.2. The Balaban J connectivity index is 1.46. The maximum Gasteiger partial charge on any atom is 0.325 e. The SMILES string of the molecule is O=C(CN1CCN(c2ccccc2)C1=O)NCCc1ccncc1. The van der Waals surface area contributed by atoms with Crippen LogP contribution >= 0.6 is 0 Å². The number of pyridine rings is 1. The number of urea groups is 1. The van der Waals surface area contributed by atoms with Gasteiger partial charge in [-0.1, -0.05) is 18.2 Å². The van der Waals surface area contributed by atoms with Gasteiger partial charge in [-0.15, -0.1) is 0 Å². The standard InChI is InChI=1S/C18H20N4O2/c23-17(20-11-8-15-6-9-19-10-7-15)14-21-12-13-22(18(21)24)16-4-2-1-3-5-16/h1-7,9-10H,8,11-14H2,(H,20,23). The molecule has 0 spiro atoms. The maximum absolute atomic E-state index is 12.4. The van der Waals surface area contributed by atoms with Crippen LogP contribution in [0.3, 0.4) is 0 Å². The molecule has 1 saturated heterocycles. The predicted octanol–water partition coefficient (Wildman–Crippen LogP) is 1.68. The van der Waals surface area contributed by atoms with Gasteiger partial charge in [-0.3, -0.25) is 14.7 Å². The molecule has 0 saturated carbocycles. The molecule has 1 aromatic carbocycles. The van der Waals surface area contributed by atoms with E-state index in [0.29, 0.717) is 19.6 Å². The van der Waals surface area contributed by atoms with Gasteiger partial charge in [0, 0.05) is 37.7 Å². The third-order valence-electron chi connectivity index (χ3n) is 3.98. The van der Waals surface area contributed by atoms with Crippen molar-refractivity contribution in [1.82, 2.24) is 15.2 Å². The number of benzene rings is 1. The molecule has 3 amide bonds. The first kappa shape index (κ1) is 16.0. The Kier molecular flexibility index (Phi) is 5.05. The molecule has 1 aromatic heterocycles. The second-order valence-electron chi connectivity index (χ2n) is 5.65. The van der Waals surface area contributed by atoms with Gasteiger partial charge in [-0.2, -0.15) is 0 Å². The fourth-order valence-electron chi connectivity index (χ4n) is 2.70. The van der Waals surface area contributed by atoms with Gasteiger partial charge in [-0.25, -0.2) is 4.79 Å². The number of rotatable bonds is 6. The Morgan fingerprint density at radius 2 is 1.83 bits per heavy atom. The summed E-state index contributed by atoms with van der Waals surface area (Å²) in [4.78, 5) is 31.7. The summed E-state index contributed by atoms with van der Waals surface area (Å²) >= 11 is 0. The van der Waals surface area contributed by atoms with Crippen LogP contribution in [0.5, 0.6) is 0 Å². The van der Waals surface area contributed by atoms with E-state index in [9.17, 15) is 9.59 Å². The first-order valence-electron chi connectivity index (χ1n) is 8.01. The first-order chi connectivity index (χ1) is 11.7. The number of carbonyl (C=O) groups is 2. The average molecular weight is 324 g/mol. The van der Waals surface area contributed by atoms with Crippen molar-refractivity contribution in [3.63, 3.8) is 0 Å². The van der Waals surface area contributed by atoms with E-state index >= 15 is 0 Å². The van der Waals surface area contributed by atoms with Crippen LogP contribution in [0, 0.1) is 0 Å². The summed E-state index contributed by atoms with van der Waals surface area (Å²) in [7, 11) is 0. The van der Waals surface area contributed by atoms with Crippen LogP contribution in [0.15, 0.2) is 54.9 Å². The Labute approximate surface area is 141 Å². The second-order valence-corrected chi connectivity index (χ2v) is 5.65. The number of nitrogens with one attached hydrogen (secondary N) is 1. The topological polar surface area (TPSA) is 65.5 Å². The van der Waals surface area contributed by atoms with E-state index in [0.717, 1.165) is 17.7 Å². The molecule has 1 N–H and O–H groups in total. The molecule has 124 valence electrons. The van der Waals surface area contributed by atoms with Gasteiger partial charge >= 0.3 is 6.03 Å². The molecule has 0 bridgehead atoms. The highest BCUT2D eigenvalue weighted by Crippen LogP contribution is 2.19. The molecule has 3 rings (SSSR count). The largest absolute Gasteiger partial charge is 0.354 e. The van der Waals surface area contributed by atoms with Crippen LogP contribution in [0.2, 0.25) is 0 Å². The third-order valence-corrected chi connectivity index (χ3v) is 3.98. The molecule has 0 aliphatic carbocycles. The molecule has 0 radical (unpaired) electrons. The van der Waals surface area contributed by atoms with Gasteiger partial charge in [0.05, 0.1) is 0 Å². The van der Waals surface area contributed by atoms with E-state index in [4.69, 9.17) is 0 Å². The summed E-state index contributed by atoms with van der Waals surface area (Å²) in [6, 6.07) is 13.2. The number of para-hydroxylation sites is 1. The lowest BCUT2D eigenvalue weighted by Crippen LogP contribution is -2.40. The monoisotopic (exact) mass is 324 g/mol. The molecule has 6 nitrogen and oxygen atoms in total. The molecule has 6 heteroatoms. The Bertz CT molecular complexity index is 691. The van der Waals surface area contributed by atoms with E-state index in [1.54, 1.807) is 22.2 Å². The van der Waals surface area contributed by atoms with Crippen LogP contribution in [0.1, 0.15) is 5.56 Å². The number of aromatic nitrogens is 1. The zero-order chi connectivity index (χ0) is 16.8. The fourth-order valence-corrected chi connectivity index (χ4v) is 2.70. The van der Waals surface area contributed by atoms with Crippen molar-refractivity contribution in [3.05, 3.63) is 60.4 Å². The van der Waals surface area contributed by atoms with Crippen molar-refractivity contribution in [1.29, 1.82) is 0 Å². The molecule has 1 aliphatic rings. The van der Waals surface area contributed by atoms with E-state index in [-0.39, 0.29) is 18.5 Å². The highest BCUT2D eigenvalue weighted by molar-refractivity contribution is 5.96. The molecule has 24 heavy (non-hydrogen) atoms. The molecular formula is C18H20N4O2. The lowest BCUT2D eigenvalue weighted by molar-refractivity contribution is -0.121. The third kappa shape index (κ3) is 3.90. The minimum absolute atomic E-state index is 0.0957. The molecule has 2 aromatic rings. The summed E-state index contributed by atoms with van der Waals surface area (Å²) in [5, 5.41) is 2.86. The zero-order valence-electron chi connectivity index (χ0n) is 13.4. The minimum atomic E-state index is -0.132. The van der Waals surface area contributed by atoms with Crippen molar-refractivity contribution in [2.24, 2.45) is 0 Å². The molecule has 0 unspecified atom stereocenters. The van der Waals surface area contributed by atoms with E-state index in [2.05, 4.69) is 10.3 Å². The summed E-state index contributed by atoms with van der Waals surface area (Å²) in [6.45, 7) is 1.81. The number of nitrogens with zero attached hydrogens (tertiary/aromatic N) is 3. The van der Waals surface area contributed by atoms with Gasteiger partial charge < -0.3 is 10.2 Å². The van der Waals surface area contributed by atoms with Gasteiger partial charge in [0.2, 0.25) is 5.91 Å². The van der Waals surface area contributed by atoms with Crippen LogP contribution in [0.25, 0.3) is 0 Å². The van der Waals surface area contributed by atoms with Crippen molar-refractivity contribution in [2.75, 3.05) is 31.1 Å². The van der Waals surface area contributed by atoms with Crippen molar-refractivity contribution in [3.8, 4) is 0 Å². The lowest BCUT2D eigenvalue weighted by Gasteiger charge is -2.18. The van der Waals surface area contributed by atoms with Crippen LogP contribution in [-0.2, 0) is 11.2 Å². The molecule has 2 heterocycles. The number of hydrogen-bond acceptors (Lipinski definition) is 3.